The van der Waals surface area contributed by atoms with Crippen molar-refractivity contribution in [2.24, 2.45) is 5.41 Å². The summed E-state index contributed by atoms with van der Waals surface area (Å²) < 4.78 is 35.9. The van der Waals surface area contributed by atoms with E-state index in [4.69, 9.17) is 0 Å². The van der Waals surface area contributed by atoms with Crippen molar-refractivity contribution in [3.05, 3.63) is 0 Å². The molecule has 11 heavy (non-hydrogen) atoms. The Morgan fingerprint density at radius 3 is 1.64 bits per heavy atom. The highest BCUT2D eigenvalue weighted by atomic mass is 35.5. The van der Waals surface area contributed by atoms with Crippen LogP contribution in [-0.2, 0) is 0 Å². The number of nitrogens with one attached hydrogen (secondary N) is 1. The Morgan fingerprint density at radius 2 is 1.55 bits per heavy atom. The van der Waals surface area contributed by atoms with Crippen LogP contribution < -0.4 is 5.32 Å². The number of halogens is 4. The van der Waals surface area contributed by atoms with E-state index in [1.54, 1.807) is 0 Å². The molecule has 0 atom stereocenters. The van der Waals surface area contributed by atoms with Gasteiger partial charge < -0.3 is 5.32 Å². The van der Waals surface area contributed by atoms with Crippen molar-refractivity contribution in [2.75, 3.05) is 13.6 Å². The lowest BCUT2D eigenvalue weighted by molar-refractivity contribution is -0.209. The SMILES string of the molecule is CNCC(C)(C)C(F)(F)F.Cl. The molecule has 0 aromatic heterocycles. The van der Waals surface area contributed by atoms with Crippen molar-refractivity contribution in [3.8, 4) is 0 Å². The van der Waals surface area contributed by atoms with Crippen LogP contribution in [0.25, 0.3) is 0 Å². The summed E-state index contributed by atoms with van der Waals surface area (Å²) in [5.41, 5.74) is -1.62. The molecule has 1 nitrogen and oxygen atoms in total. The highest BCUT2D eigenvalue weighted by Crippen LogP contribution is 2.36. The second kappa shape index (κ2) is 4.16. The Kier molecular flexibility index (Phi) is 5.15. The quantitative estimate of drug-likeness (QED) is 0.706. The van der Waals surface area contributed by atoms with E-state index in [1.807, 2.05) is 0 Å². The number of hydrogen-bond acceptors (Lipinski definition) is 1. The molecule has 0 spiro atoms. The van der Waals surface area contributed by atoms with Crippen LogP contribution in [0, 0.1) is 5.41 Å². The number of rotatable bonds is 2. The smallest absolute Gasteiger partial charge is 0.319 e. The van der Waals surface area contributed by atoms with Crippen LogP contribution in [0.15, 0.2) is 0 Å². The monoisotopic (exact) mass is 191 g/mol. The molecule has 0 rings (SSSR count). The van der Waals surface area contributed by atoms with Crippen LogP contribution in [0.2, 0.25) is 0 Å². The van der Waals surface area contributed by atoms with E-state index in [-0.39, 0.29) is 19.0 Å². The van der Waals surface area contributed by atoms with Gasteiger partial charge in [-0.1, -0.05) is 0 Å². The van der Waals surface area contributed by atoms with Gasteiger partial charge in [0.1, 0.15) is 0 Å². The Morgan fingerprint density at radius 1 is 1.18 bits per heavy atom. The van der Waals surface area contributed by atoms with Gasteiger partial charge in [-0.15, -0.1) is 12.4 Å². The summed E-state index contributed by atoms with van der Waals surface area (Å²) in [5, 5.41) is 2.49. The molecule has 0 aliphatic carbocycles. The highest BCUT2D eigenvalue weighted by Gasteiger charge is 2.46. The molecule has 0 aliphatic heterocycles. The number of hydrogen-bond donors (Lipinski definition) is 1. The van der Waals surface area contributed by atoms with Crippen LogP contribution in [0.4, 0.5) is 13.2 Å². The summed E-state index contributed by atoms with van der Waals surface area (Å²) in [6.45, 7) is 2.30. The first-order valence-corrected chi connectivity index (χ1v) is 3.02. The first kappa shape index (κ1) is 13.6. The van der Waals surface area contributed by atoms with E-state index in [0.29, 0.717) is 0 Å². The van der Waals surface area contributed by atoms with Gasteiger partial charge in [0.05, 0.1) is 5.41 Å². The second-order valence-electron chi connectivity index (χ2n) is 2.91. The summed E-state index contributed by atoms with van der Waals surface area (Å²) in [4.78, 5) is 0. The lowest BCUT2D eigenvalue weighted by Crippen LogP contribution is -2.40. The Balaban J connectivity index is 0. The van der Waals surface area contributed by atoms with Crippen molar-refractivity contribution in [3.63, 3.8) is 0 Å². The molecular formula is C6H13ClF3N. The molecule has 5 heteroatoms. The largest absolute Gasteiger partial charge is 0.395 e. The van der Waals surface area contributed by atoms with Gasteiger partial charge in [0, 0.05) is 6.54 Å². The first-order chi connectivity index (χ1) is 4.31. The minimum atomic E-state index is -4.12. The Labute approximate surface area is 70.8 Å². The first-order valence-electron chi connectivity index (χ1n) is 3.02. The molecular weight excluding hydrogens is 179 g/mol. The van der Waals surface area contributed by atoms with Crippen LogP contribution in [0.3, 0.4) is 0 Å². The molecule has 0 aliphatic rings. The van der Waals surface area contributed by atoms with Crippen molar-refractivity contribution in [1.29, 1.82) is 0 Å². The van der Waals surface area contributed by atoms with Gasteiger partial charge in [-0.05, 0) is 20.9 Å². The Bertz CT molecular complexity index is 111. The van der Waals surface area contributed by atoms with Crippen LogP contribution in [0.5, 0.6) is 0 Å². The lowest BCUT2D eigenvalue weighted by Gasteiger charge is -2.26. The average molecular weight is 192 g/mol. The molecule has 1 N–H and O–H groups in total. The number of alkyl halides is 3. The van der Waals surface area contributed by atoms with Crippen molar-refractivity contribution >= 4 is 12.4 Å². The fraction of sp³-hybridized carbons (Fsp3) is 1.00. The Hall–Kier alpha value is 0.0400. The van der Waals surface area contributed by atoms with E-state index in [1.165, 1.54) is 20.9 Å². The molecule has 0 aromatic carbocycles. The van der Waals surface area contributed by atoms with Gasteiger partial charge in [-0.25, -0.2) is 0 Å². The average Bonchev–Trinajstić information content (AvgIpc) is 1.61. The maximum Gasteiger partial charge on any atom is 0.395 e. The predicted octanol–water partition coefficient (Wildman–Crippen LogP) is 2.22. The zero-order valence-corrected chi connectivity index (χ0v) is 7.57. The molecule has 0 heterocycles. The third-order valence-electron chi connectivity index (χ3n) is 1.39. The van der Waals surface area contributed by atoms with Crippen molar-refractivity contribution in [1.82, 2.24) is 5.32 Å². The summed E-state index contributed by atoms with van der Waals surface area (Å²) in [5.74, 6) is 0. The van der Waals surface area contributed by atoms with E-state index < -0.39 is 11.6 Å². The zero-order chi connectivity index (χ0) is 8.41. The predicted molar refractivity (Wildman–Crippen MR) is 41.0 cm³/mol. The maximum atomic E-state index is 12.0. The molecule has 0 aromatic rings. The van der Waals surface area contributed by atoms with Crippen LogP contribution in [-0.4, -0.2) is 19.8 Å². The van der Waals surface area contributed by atoms with Crippen LogP contribution >= 0.6 is 12.4 Å². The van der Waals surface area contributed by atoms with Crippen molar-refractivity contribution < 1.29 is 13.2 Å². The molecule has 0 radical (unpaired) electrons. The minimum absolute atomic E-state index is 0. The summed E-state index contributed by atoms with van der Waals surface area (Å²) in [6, 6.07) is 0. The molecule has 0 bridgehead atoms. The summed E-state index contributed by atoms with van der Waals surface area (Å²) in [7, 11) is 1.51. The molecule has 0 amide bonds. The molecule has 0 saturated heterocycles. The third-order valence-corrected chi connectivity index (χ3v) is 1.39. The molecule has 0 fully saturated rings. The summed E-state index contributed by atoms with van der Waals surface area (Å²) >= 11 is 0. The van der Waals surface area contributed by atoms with Gasteiger partial charge in [-0.3, -0.25) is 0 Å². The van der Waals surface area contributed by atoms with Gasteiger partial charge in [0.2, 0.25) is 0 Å². The standard InChI is InChI=1S/C6H12F3N.ClH/c1-5(2,4-10-3)6(7,8)9;/h10H,4H2,1-3H3;1H. The van der Waals surface area contributed by atoms with Gasteiger partial charge in [0.25, 0.3) is 0 Å². The highest BCUT2D eigenvalue weighted by molar-refractivity contribution is 5.85. The molecule has 0 unspecified atom stereocenters. The lowest BCUT2D eigenvalue weighted by atomic mass is 9.93. The summed E-state index contributed by atoms with van der Waals surface area (Å²) in [6.07, 6.45) is -4.12. The van der Waals surface area contributed by atoms with Gasteiger partial charge in [0.15, 0.2) is 0 Å². The third kappa shape index (κ3) is 3.82. The second-order valence-corrected chi connectivity index (χ2v) is 2.91. The van der Waals surface area contributed by atoms with Crippen LogP contribution in [0.1, 0.15) is 13.8 Å². The van der Waals surface area contributed by atoms with E-state index in [9.17, 15) is 13.2 Å². The van der Waals surface area contributed by atoms with E-state index >= 15 is 0 Å². The van der Waals surface area contributed by atoms with E-state index in [0.717, 1.165) is 0 Å². The fourth-order valence-corrected chi connectivity index (χ4v) is 0.542. The topological polar surface area (TPSA) is 12.0 Å². The fourth-order valence-electron chi connectivity index (χ4n) is 0.542. The van der Waals surface area contributed by atoms with Crippen molar-refractivity contribution in [2.45, 2.75) is 20.0 Å². The zero-order valence-electron chi connectivity index (χ0n) is 6.75. The normalized spacial score (nSPS) is 12.5. The molecule has 0 saturated carbocycles. The van der Waals surface area contributed by atoms with Gasteiger partial charge in [-0.2, -0.15) is 13.2 Å². The minimum Gasteiger partial charge on any atom is -0.319 e. The van der Waals surface area contributed by atoms with E-state index in [2.05, 4.69) is 5.32 Å². The van der Waals surface area contributed by atoms with Gasteiger partial charge >= 0.3 is 6.18 Å². The maximum absolute atomic E-state index is 12.0. The molecule has 70 valence electrons.